The molecular formula is C12H15F2N3OS2. The number of thiocarbonyl (C=S) groups is 1. The number of amides is 1. The lowest BCUT2D eigenvalue weighted by molar-refractivity contribution is -0.119. The molecule has 0 heterocycles. The summed E-state index contributed by atoms with van der Waals surface area (Å²) in [6.07, 6.45) is 0. The van der Waals surface area contributed by atoms with Gasteiger partial charge in [-0.15, -0.1) is 11.8 Å². The van der Waals surface area contributed by atoms with E-state index in [2.05, 4.69) is 16.2 Å². The zero-order chi connectivity index (χ0) is 15.1. The highest BCUT2D eigenvalue weighted by atomic mass is 32.2. The van der Waals surface area contributed by atoms with Crippen LogP contribution in [0.2, 0.25) is 0 Å². The summed E-state index contributed by atoms with van der Waals surface area (Å²) >= 11 is 6.02. The van der Waals surface area contributed by atoms with Gasteiger partial charge in [-0.25, -0.2) is 8.78 Å². The third-order valence-corrected chi connectivity index (χ3v) is 3.21. The van der Waals surface area contributed by atoms with Gasteiger partial charge in [-0.1, -0.05) is 0 Å². The average molecular weight is 319 g/mol. The highest BCUT2D eigenvalue weighted by Crippen LogP contribution is 2.19. The van der Waals surface area contributed by atoms with Gasteiger partial charge in [0.05, 0.1) is 5.75 Å². The SMILES string of the molecule is CC(C)NC(=S)NNC(=O)CSc1ccc(F)c(F)c1. The third kappa shape index (κ3) is 6.16. The maximum absolute atomic E-state index is 13.0. The van der Waals surface area contributed by atoms with Crippen LogP contribution in [0.1, 0.15) is 13.8 Å². The lowest BCUT2D eigenvalue weighted by Crippen LogP contribution is -2.49. The van der Waals surface area contributed by atoms with Crippen LogP contribution in [-0.4, -0.2) is 22.8 Å². The van der Waals surface area contributed by atoms with Crippen LogP contribution >= 0.6 is 24.0 Å². The van der Waals surface area contributed by atoms with Gasteiger partial charge >= 0.3 is 0 Å². The van der Waals surface area contributed by atoms with Gasteiger partial charge in [0.25, 0.3) is 0 Å². The highest BCUT2D eigenvalue weighted by Gasteiger charge is 2.06. The van der Waals surface area contributed by atoms with Crippen molar-refractivity contribution in [1.29, 1.82) is 0 Å². The Morgan fingerprint density at radius 1 is 1.30 bits per heavy atom. The molecule has 0 spiro atoms. The van der Waals surface area contributed by atoms with Gasteiger partial charge in [-0.05, 0) is 44.3 Å². The molecule has 4 nitrogen and oxygen atoms in total. The highest BCUT2D eigenvalue weighted by molar-refractivity contribution is 8.00. The number of hydrogen-bond acceptors (Lipinski definition) is 3. The number of thioether (sulfide) groups is 1. The first-order valence-corrected chi connectivity index (χ1v) is 7.21. The second-order valence-electron chi connectivity index (χ2n) is 4.17. The Morgan fingerprint density at radius 2 is 2.00 bits per heavy atom. The minimum Gasteiger partial charge on any atom is -0.359 e. The normalized spacial score (nSPS) is 10.2. The van der Waals surface area contributed by atoms with Crippen LogP contribution in [0.15, 0.2) is 23.1 Å². The van der Waals surface area contributed by atoms with E-state index >= 15 is 0 Å². The lowest BCUT2D eigenvalue weighted by atomic mass is 10.3. The van der Waals surface area contributed by atoms with Gasteiger partial charge in [0, 0.05) is 10.9 Å². The maximum atomic E-state index is 13.0. The molecule has 1 aromatic carbocycles. The van der Waals surface area contributed by atoms with Crippen LogP contribution in [0.4, 0.5) is 8.78 Å². The first kappa shape index (κ1) is 16.6. The Balaban J connectivity index is 2.32. The van der Waals surface area contributed by atoms with Crippen LogP contribution in [0, 0.1) is 11.6 Å². The molecule has 0 aromatic heterocycles. The summed E-state index contributed by atoms with van der Waals surface area (Å²) < 4.78 is 25.7. The Morgan fingerprint density at radius 3 is 2.60 bits per heavy atom. The van der Waals surface area contributed by atoms with Crippen molar-refractivity contribution in [3.8, 4) is 0 Å². The Kier molecular flexibility index (Phi) is 6.66. The van der Waals surface area contributed by atoms with Crippen LogP contribution in [0.3, 0.4) is 0 Å². The molecule has 1 amide bonds. The standard InChI is InChI=1S/C12H15F2N3OS2/c1-7(2)15-12(19)17-16-11(18)6-20-8-3-4-9(13)10(14)5-8/h3-5,7H,6H2,1-2H3,(H,16,18)(H2,15,17,19). The number of hydrogen-bond donors (Lipinski definition) is 3. The molecule has 0 unspecified atom stereocenters. The van der Waals surface area contributed by atoms with E-state index in [1.54, 1.807) is 0 Å². The second kappa shape index (κ2) is 8.01. The molecule has 0 bridgehead atoms. The Labute approximate surface area is 125 Å². The number of hydrazine groups is 1. The van der Waals surface area contributed by atoms with Gasteiger partial charge in [0.2, 0.25) is 5.91 Å². The summed E-state index contributed by atoms with van der Waals surface area (Å²) in [6, 6.07) is 3.64. The van der Waals surface area contributed by atoms with E-state index in [4.69, 9.17) is 12.2 Å². The molecule has 0 fully saturated rings. The van der Waals surface area contributed by atoms with Crippen molar-refractivity contribution < 1.29 is 13.6 Å². The second-order valence-corrected chi connectivity index (χ2v) is 5.62. The lowest BCUT2D eigenvalue weighted by Gasteiger charge is -2.13. The molecule has 1 rings (SSSR count). The number of rotatable bonds is 4. The minimum absolute atomic E-state index is 0.0579. The zero-order valence-corrected chi connectivity index (χ0v) is 12.6. The van der Waals surface area contributed by atoms with Crippen molar-refractivity contribution in [3.05, 3.63) is 29.8 Å². The van der Waals surface area contributed by atoms with Crippen LogP contribution < -0.4 is 16.2 Å². The molecule has 8 heteroatoms. The van der Waals surface area contributed by atoms with Crippen molar-refractivity contribution in [2.45, 2.75) is 24.8 Å². The largest absolute Gasteiger partial charge is 0.359 e. The molecule has 0 saturated heterocycles. The molecule has 0 aliphatic rings. The van der Waals surface area contributed by atoms with E-state index in [0.717, 1.165) is 23.9 Å². The first-order valence-electron chi connectivity index (χ1n) is 5.81. The van der Waals surface area contributed by atoms with Gasteiger partial charge in [0.15, 0.2) is 16.7 Å². The van der Waals surface area contributed by atoms with Crippen molar-refractivity contribution >= 4 is 35.0 Å². The molecule has 0 atom stereocenters. The number of benzene rings is 1. The fourth-order valence-corrected chi connectivity index (χ4v) is 2.18. The number of nitrogens with one attached hydrogen (secondary N) is 3. The zero-order valence-electron chi connectivity index (χ0n) is 11.0. The number of carbonyl (C=O) groups excluding carboxylic acids is 1. The summed E-state index contributed by atoms with van der Waals surface area (Å²) in [5.41, 5.74) is 4.95. The quantitative estimate of drug-likeness (QED) is 0.450. The smallest absolute Gasteiger partial charge is 0.248 e. The third-order valence-electron chi connectivity index (χ3n) is 2.00. The molecule has 0 aliphatic carbocycles. The molecule has 0 saturated carbocycles. The van der Waals surface area contributed by atoms with E-state index in [1.165, 1.54) is 6.07 Å². The Hall–Kier alpha value is -1.41. The molecule has 3 N–H and O–H groups in total. The number of carbonyl (C=O) groups is 1. The predicted octanol–water partition coefficient (Wildman–Crippen LogP) is 1.96. The summed E-state index contributed by atoms with van der Waals surface area (Å²) in [7, 11) is 0. The van der Waals surface area contributed by atoms with E-state index < -0.39 is 11.6 Å². The predicted molar refractivity (Wildman–Crippen MR) is 79.2 cm³/mol. The van der Waals surface area contributed by atoms with E-state index in [0.29, 0.717) is 10.0 Å². The summed E-state index contributed by atoms with van der Waals surface area (Å²) in [5.74, 6) is -2.11. The first-order chi connectivity index (χ1) is 9.38. The molecule has 1 aromatic rings. The van der Waals surface area contributed by atoms with Crippen molar-refractivity contribution in [2.24, 2.45) is 0 Å². The van der Waals surface area contributed by atoms with Crippen molar-refractivity contribution in [1.82, 2.24) is 16.2 Å². The van der Waals surface area contributed by atoms with E-state index in [9.17, 15) is 13.6 Å². The summed E-state index contributed by atoms with van der Waals surface area (Å²) in [5, 5.41) is 3.20. The van der Waals surface area contributed by atoms with Crippen LogP contribution in [-0.2, 0) is 4.79 Å². The summed E-state index contributed by atoms with van der Waals surface area (Å²) in [4.78, 5) is 12.0. The molecule has 0 aliphatic heterocycles. The fraction of sp³-hybridized carbons (Fsp3) is 0.333. The van der Waals surface area contributed by atoms with Gasteiger partial charge in [-0.3, -0.25) is 15.6 Å². The molecule has 110 valence electrons. The molecular weight excluding hydrogens is 304 g/mol. The maximum Gasteiger partial charge on any atom is 0.248 e. The number of halogens is 2. The fourth-order valence-electron chi connectivity index (χ4n) is 1.18. The van der Waals surface area contributed by atoms with Crippen molar-refractivity contribution in [3.63, 3.8) is 0 Å². The van der Waals surface area contributed by atoms with E-state index in [1.807, 2.05) is 13.8 Å². The monoisotopic (exact) mass is 319 g/mol. The van der Waals surface area contributed by atoms with Crippen LogP contribution in [0.25, 0.3) is 0 Å². The summed E-state index contributed by atoms with van der Waals surface area (Å²) in [6.45, 7) is 3.82. The van der Waals surface area contributed by atoms with Gasteiger partial charge in [0.1, 0.15) is 0 Å². The topological polar surface area (TPSA) is 53.2 Å². The molecule has 0 radical (unpaired) electrons. The molecule has 20 heavy (non-hydrogen) atoms. The van der Waals surface area contributed by atoms with Gasteiger partial charge < -0.3 is 5.32 Å². The van der Waals surface area contributed by atoms with Gasteiger partial charge in [-0.2, -0.15) is 0 Å². The Bertz CT molecular complexity index is 498. The van der Waals surface area contributed by atoms with Crippen molar-refractivity contribution in [2.75, 3.05) is 5.75 Å². The average Bonchev–Trinajstić information content (AvgIpc) is 2.37. The van der Waals surface area contributed by atoms with E-state index in [-0.39, 0.29) is 17.7 Å². The minimum atomic E-state index is -0.934. The van der Waals surface area contributed by atoms with Crippen LogP contribution in [0.5, 0.6) is 0 Å².